The molecule has 3 nitrogen and oxygen atoms in total. The topological polar surface area (TPSA) is 49.5 Å². The molecule has 0 aromatic heterocycles. The van der Waals surface area contributed by atoms with Gasteiger partial charge in [-0.15, -0.1) is 0 Å². The molecular formula is C12H19FN2O. The minimum Gasteiger partial charge on any atom is -0.396 e. The predicted octanol–water partition coefficient (Wildman–Crippen LogP) is 1.36. The van der Waals surface area contributed by atoms with Crippen molar-refractivity contribution in [2.75, 3.05) is 31.1 Å². The second-order valence-corrected chi connectivity index (χ2v) is 3.66. The maximum Gasteiger partial charge on any atom is 0.146 e. The van der Waals surface area contributed by atoms with E-state index in [9.17, 15) is 4.39 Å². The number of para-hydroxylation sites is 1. The average molecular weight is 226 g/mol. The van der Waals surface area contributed by atoms with Crippen LogP contribution in [0.5, 0.6) is 0 Å². The van der Waals surface area contributed by atoms with Crippen LogP contribution in [0.25, 0.3) is 0 Å². The number of rotatable bonds is 7. The zero-order chi connectivity index (χ0) is 11.8. The molecule has 4 heteroatoms. The average Bonchev–Trinajstić information content (AvgIpc) is 2.31. The van der Waals surface area contributed by atoms with Gasteiger partial charge in [0.25, 0.3) is 0 Å². The molecule has 1 rings (SSSR count). The molecule has 90 valence electrons. The molecule has 16 heavy (non-hydrogen) atoms. The molecular weight excluding hydrogens is 207 g/mol. The summed E-state index contributed by atoms with van der Waals surface area (Å²) in [6.45, 7) is 2.08. The van der Waals surface area contributed by atoms with Crippen LogP contribution in [0.2, 0.25) is 0 Å². The second-order valence-electron chi connectivity index (χ2n) is 3.66. The monoisotopic (exact) mass is 226 g/mol. The van der Waals surface area contributed by atoms with Gasteiger partial charge in [-0.3, -0.25) is 0 Å². The van der Waals surface area contributed by atoms with E-state index in [0.717, 1.165) is 13.0 Å². The Labute approximate surface area is 95.7 Å². The van der Waals surface area contributed by atoms with E-state index in [2.05, 4.69) is 0 Å². The highest BCUT2D eigenvalue weighted by Crippen LogP contribution is 2.18. The molecule has 0 spiro atoms. The zero-order valence-corrected chi connectivity index (χ0v) is 9.40. The van der Waals surface area contributed by atoms with Gasteiger partial charge in [0.1, 0.15) is 5.82 Å². The Balaban J connectivity index is 2.70. The fourth-order valence-corrected chi connectivity index (χ4v) is 1.60. The van der Waals surface area contributed by atoms with E-state index >= 15 is 0 Å². The van der Waals surface area contributed by atoms with Gasteiger partial charge < -0.3 is 15.7 Å². The molecule has 1 aromatic rings. The Bertz CT molecular complexity index is 299. The summed E-state index contributed by atoms with van der Waals surface area (Å²) in [7, 11) is 0. The highest BCUT2D eigenvalue weighted by molar-refractivity contribution is 5.47. The molecule has 0 amide bonds. The first kappa shape index (κ1) is 12.9. The summed E-state index contributed by atoms with van der Waals surface area (Å²) in [4.78, 5) is 1.93. The van der Waals surface area contributed by atoms with Crippen LogP contribution in [0, 0.1) is 5.82 Å². The fourth-order valence-electron chi connectivity index (χ4n) is 1.60. The molecule has 0 saturated heterocycles. The Morgan fingerprint density at radius 3 is 2.50 bits per heavy atom. The number of nitrogens with zero attached hydrogens (tertiary/aromatic N) is 1. The van der Waals surface area contributed by atoms with Gasteiger partial charge in [0.15, 0.2) is 0 Å². The van der Waals surface area contributed by atoms with Gasteiger partial charge in [0.2, 0.25) is 0 Å². The predicted molar refractivity (Wildman–Crippen MR) is 64.0 cm³/mol. The minimum absolute atomic E-state index is 0.119. The Kier molecular flexibility index (Phi) is 5.82. The molecule has 0 fully saturated rings. The van der Waals surface area contributed by atoms with Gasteiger partial charge in [-0.1, -0.05) is 12.1 Å². The van der Waals surface area contributed by atoms with Gasteiger partial charge in [-0.05, 0) is 31.5 Å². The smallest absolute Gasteiger partial charge is 0.146 e. The van der Waals surface area contributed by atoms with E-state index in [1.54, 1.807) is 12.1 Å². The first-order valence-corrected chi connectivity index (χ1v) is 5.60. The maximum atomic E-state index is 13.6. The van der Waals surface area contributed by atoms with Crippen LogP contribution in [0.1, 0.15) is 12.8 Å². The van der Waals surface area contributed by atoms with Crippen molar-refractivity contribution in [2.24, 2.45) is 5.73 Å². The van der Waals surface area contributed by atoms with E-state index in [1.165, 1.54) is 6.07 Å². The normalized spacial score (nSPS) is 10.4. The van der Waals surface area contributed by atoms with Crippen LogP contribution < -0.4 is 10.6 Å². The highest BCUT2D eigenvalue weighted by atomic mass is 19.1. The van der Waals surface area contributed by atoms with E-state index in [1.807, 2.05) is 11.0 Å². The van der Waals surface area contributed by atoms with Crippen molar-refractivity contribution in [3.05, 3.63) is 30.1 Å². The lowest BCUT2D eigenvalue weighted by Gasteiger charge is -2.24. The summed E-state index contributed by atoms with van der Waals surface area (Å²) in [6, 6.07) is 6.69. The molecule has 0 unspecified atom stereocenters. The van der Waals surface area contributed by atoms with Crippen molar-refractivity contribution >= 4 is 5.69 Å². The molecule has 0 saturated carbocycles. The molecule has 0 aliphatic heterocycles. The first-order chi connectivity index (χ1) is 7.79. The Morgan fingerprint density at radius 2 is 1.88 bits per heavy atom. The summed E-state index contributed by atoms with van der Waals surface area (Å²) in [5, 5.41) is 8.81. The van der Waals surface area contributed by atoms with E-state index < -0.39 is 0 Å². The summed E-state index contributed by atoms with van der Waals surface area (Å²) in [6.07, 6.45) is 1.46. The molecule has 0 bridgehead atoms. The van der Waals surface area contributed by atoms with E-state index in [-0.39, 0.29) is 12.4 Å². The zero-order valence-electron chi connectivity index (χ0n) is 9.40. The summed E-state index contributed by atoms with van der Waals surface area (Å²) in [5.74, 6) is -0.225. The molecule has 1 aromatic carbocycles. The lowest BCUT2D eigenvalue weighted by atomic mass is 10.2. The van der Waals surface area contributed by atoms with Crippen LogP contribution in [0.3, 0.4) is 0 Å². The fraction of sp³-hybridized carbons (Fsp3) is 0.500. The third-order valence-corrected chi connectivity index (χ3v) is 2.41. The number of benzene rings is 1. The highest BCUT2D eigenvalue weighted by Gasteiger charge is 2.09. The molecule has 0 heterocycles. The number of anilines is 1. The number of halogens is 1. The lowest BCUT2D eigenvalue weighted by Crippen LogP contribution is -2.28. The first-order valence-electron chi connectivity index (χ1n) is 5.60. The van der Waals surface area contributed by atoms with Crippen molar-refractivity contribution < 1.29 is 9.50 Å². The van der Waals surface area contributed by atoms with Gasteiger partial charge in [0, 0.05) is 19.7 Å². The van der Waals surface area contributed by atoms with Gasteiger partial charge in [-0.25, -0.2) is 4.39 Å². The Hall–Kier alpha value is -1.13. The number of aliphatic hydroxyl groups excluding tert-OH is 1. The molecule has 0 radical (unpaired) electrons. The van der Waals surface area contributed by atoms with Crippen molar-refractivity contribution in [1.29, 1.82) is 0 Å². The van der Waals surface area contributed by atoms with Crippen LogP contribution in [0.4, 0.5) is 10.1 Å². The summed E-state index contributed by atoms with van der Waals surface area (Å²) in [5.41, 5.74) is 6.04. The van der Waals surface area contributed by atoms with Crippen LogP contribution in [0.15, 0.2) is 24.3 Å². The largest absolute Gasteiger partial charge is 0.396 e. The van der Waals surface area contributed by atoms with Gasteiger partial charge in [-0.2, -0.15) is 0 Å². The van der Waals surface area contributed by atoms with Crippen molar-refractivity contribution in [1.82, 2.24) is 0 Å². The van der Waals surface area contributed by atoms with Gasteiger partial charge >= 0.3 is 0 Å². The van der Waals surface area contributed by atoms with Crippen LogP contribution >= 0.6 is 0 Å². The molecule has 3 N–H and O–H groups in total. The van der Waals surface area contributed by atoms with Crippen LogP contribution in [-0.2, 0) is 0 Å². The van der Waals surface area contributed by atoms with E-state index in [0.29, 0.717) is 25.2 Å². The standard InChI is InChI=1S/C12H19FN2O/c13-11-5-1-2-6-12(11)15(8-3-7-14)9-4-10-16/h1-2,5-6,16H,3-4,7-10,14H2. The summed E-state index contributed by atoms with van der Waals surface area (Å²) >= 11 is 0. The molecule has 0 aliphatic rings. The molecule has 0 atom stereocenters. The quantitative estimate of drug-likeness (QED) is 0.738. The number of aliphatic hydroxyl groups is 1. The maximum absolute atomic E-state index is 13.6. The molecule has 0 aliphatic carbocycles. The third kappa shape index (κ3) is 3.79. The lowest BCUT2D eigenvalue weighted by molar-refractivity contribution is 0.289. The van der Waals surface area contributed by atoms with Crippen LogP contribution in [-0.4, -0.2) is 31.3 Å². The van der Waals surface area contributed by atoms with Gasteiger partial charge in [0.05, 0.1) is 5.69 Å². The Morgan fingerprint density at radius 1 is 1.19 bits per heavy atom. The minimum atomic E-state index is -0.225. The van der Waals surface area contributed by atoms with Crippen molar-refractivity contribution in [3.8, 4) is 0 Å². The number of hydrogen-bond acceptors (Lipinski definition) is 3. The summed E-state index contributed by atoms with van der Waals surface area (Å²) < 4.78 is 13.6. The SMILES string of the molecule is NCCCN(CCCO)c1ccccc1F. The number of hydrogen-bond donors (Lipinski definition) is 2. The van der Waals surface area contributed by atoms with E-state index in [4.69, 9.17) is 10.8 Å². The third-order valence-electron chi connectivity index (χ3n) is 2.41. The number of nitrogens with two attached hydrogens (primary N) is 1. The van der Waals surface area contributed by atoms with Crippen molar-refractivity contribution in [3.63, 3.8) is 0 Å². The van der Waals surface area contributed by atoms with Crippen molar-refractivity contribution in [2.45, 2.75) is 12.8 Å². The second kappa shape index (κ2) is 7.19.